The first kappa shape index (κ1) is 26.2. The molecule has 0 spiro atoms. The summed E-state index contributed by atoms with van der Waals surface area (Å²) in [6.07, 6.45) is 4.27. The number of nitrogens with zero attached hydrogens (tertiary/aromatic N) is 2. The number of hydrogen-bond acceptors (Lipinski definition) is 7. The third-order valence-electron chi connectivity index (χ3n) is 6.81. The number of ketones is 1. The van der Waals surface area contributed by atoms with E-state index in [1.54, 1.807) is 26.1 Å². The summed E-state index contributed by atoms with van der Waals surface area (Å²) in [4.78, 5) is 21.5. The van der Waals surface area contributed by atoms with Gasteiger partial charge in [0, 0.05) is 35.2 Å². The maximum atomic E-state index is 12.4. The highest BCUT2D eigenvalue weighted by Gasteiger charge is 2.44. The molecule has 7 nitrogen and oxygen atoms in total. The Morgan fingerprint density at radius 2 is 1.83 bits per heavy atom. The van der Waals surface area contributed by atoms with Crippen molar-refractivity contribution in [1.29, 1.82) is 0 Å². The SMILES string of the molecule is C=CC(=O)C1C[C@H](Nc2ncc3cc(-c4c(Cl)c(OC)cc(OC)c4Cl)ccc3n2)C[C@@H]1C(C)(C)O. The number of carbonyl (C=O) groups excluding carboxylic acids is 1. The molecule has 3 atom stereocenters. The number of anilines is 1. The van der Waals surface area contributed by atoms with Crippen molar-refractivity contribution >= 4 is 45.8 Å². The second-order valence-electron chi connectivity index (χ2n) is 9.54. The van der Waals surface area contributed by atoms with E-state index in [0.29, 0.717) is 45.9 Å². The number of ether oxygens (including phenoxy) is 2. The summed E-state index contributed by atoms with van der Waals surface area (Å²) in [7, 11) is 3.06. The van der Waals surface area contributed by atoms with Crippen LogP contribution in [0.3, 0.4) is 0 Å². The zero-order chi connectivity index (χ0) is 26.2. The van der Waals surface area contributed by atoms with Gasteiger partial charge < -0.3 is 19.9 Å². The minimum Gasteiger partial charge on any atom is -0.495 e. The van der Waals surface area contributed by atoms with Gasteiger partial charge >= 0.3 is 0 Å². The number of rotatable bonds is 8. The average molecular weight is 530 g/mol. The molecular formula is C27H29Cl2N3O4. The molecule has 0 saturated heterocycles. The summed E-state index contributed by atoms with van der Waals surface area (Å²) in [6, 6.07) is 7.26. The van der Waals surface area contributed by atoms with Crippen molar-refractivity contribution in [3.05, 3.63) is 53.2 Å². The largest absolute Gasteiger partial charge is 0.495 e. The van der Waals surface area contributed by atoms with Crippen molar-refractivity contribution in [2.24, 2.45) is 11.8 Å². The second-order valence-corrected chi connectivity index (χ2v) is 10.3. The lowest BCUT2D eigenvalue weighted by atomic mass is 9.80. The lowest BCUT2D eigenvalue weighted by Crippen LogP contribution is -2.36. The van der Waals surface area contributed by atoms with Crippen LogP contribution < -0.4 is 14.8 Å². The molecule has 2 aromatic carbocycles. The number of nitrogens with one attached hydrogen (secondary N) is 1. The van der Waals surface area contributed by atoms with Gasteiger partial charge in [-0.2, -0.15) is 0 Å². The zero-order valence-electron chi connectivity index (χ0n) is 20.6. The number of halogens is 2. The number of aliphatic hydroxyl groups is 1. The first-order valence-corrected chi connectivity index (χ1v) is 12.3. The second kappa shape index (κ2) is 10.2. The van der Waals surface area contributed by atoms with Gasteiger partial charge in [-0.15, -0.1) is 0 Å². The molecule has 3 aromatic rings. The van der Waals surface area contributed by atoms with Crippen LogP contribution in [0.5, 0.6) is 11.5 Å². The van der Waals surface area contributed by atoms with Crippen LogP contribution in [0.15, 0.2) is 43.1 Å². The smallest absolute Gasteiger partial charge is 0.223 e. The molecule has 1 fully saturated rings. The van der Waals surface area contributed by atoms with Crippen LogP contribution >= 0.6 is 23.2 Å². The number of benzene rings is 2. The van der Waals surface area contributed by atoms with E-state index in [2.05, 4.69) is 21.9 Å². The summed E-state index contributed by atoms with van der Waals surface area (Å²) in [5, 5.41) is 15.5. The number of fused-ring (bicyclic) bond motifs is 1. The van der Waals surface area contributed by atoms with E-state index in [-0.39, 0.29) is 23.7 Å². The summed E-state index contributed by atoms with van der Waals surface area (Å²) in [5.41, 5.74) is 1.12. The molecule has 2 N–H and O–H groups in total. The van der Waals surface area contributed by atoms with Gasteiger partial charge in [-0.25, -0.2) is 9.97 Å². The highest BCUT2D eigenvalue weighted by atomic mass is 35.5. The fourth-order valence-corrected chi connectivity index (χ4v) is 5.70. The minimum absolute atomic E-state index is 0.0473. The van der Waals surface area contributed by atoms with Crippen molar-refractivity contribution < 1.29 is 19.4 Å². The number of aromatic nitrogens is 2. The Morgan fingerprint density at radius 1 is 1.17 bits per heavy atom. The molecule has 1 unspecified atom stereocenters. The lowest BCUT2D eigenvalue weighted by molar-refractivity contribution is -0.122. The molecule has 4 rings (SSSR count). The predicted molar refractivity (Wildman–Crippen MR) is 143 cm³/mol. The molecule has 0 aliphatic heterocycles. The Bertz CT molecular complexity index is 1290. The van der Waals surface area contributed by atoms with Gasteiger partial charge in [0.05, 0.1) is 35.4 Å². The van der Waals surface area contributed by atoms with Crippen LogP contribution in [0.2, 0.25) is 10.0 Å². The number of carbonyl (C=O) groups is 1. The van der Waals surface area contributed by atoms with E-state index in [1.165, 1.54) is 20.3 Å². The molecular weight excluding hydrogens is 501 g/mol. The number of methoxy groups -OCH3 is 2. The van der Waals surface area contributed by atoms with Crippen LogP contribution in [-0.2, 0) is 4.79 Å². The normalized spacial score (nSPS) is 19.8. The molecule has 1 aliphatic carbocycles. The highest BCUT2D eigenvalue weighted by Crippen LogP contribution is 2.46. The standard InChI is InChI=1S/C27H29Cl2N3O4/c1-6-20(33)17-10-16(11-18(17)27(2,3)34)31-26-30-13-15-9-14(7-8-19(15)32-26)23-24(28)21(35-4)12-22(36-5)25(23)29/h6-9,12-13,16-18,34H,1,10-11H2,2-5H3,(H,30,31,32)/t16-,17?,18-/m0/s1. The summed E-state index contributed by atoms with van der Waals surface area (Å²) in [6.45, 7) is 7.10. The Hall–Kier alpha value is -2.87. The molecule has 0 amide bonds. The van der Waals surface area contributed by atoms with Crippen molar-refractivity contribution in [3.8, 4) is 22.6 Å². The van der Waals surface area contributed by atoms with Crippen LogP contribution in [0.1, 0.15) is 26.7 Å². The van der Waals surface area contributed by atoms with Gasteiger partial charge in [0.1, 0.15) is 11.5 Å². The third kappa shape index (κ3) is 5.01. The molecule has 0 radical (unpaired) electrons. The first-order valence-electron chi connectivity index (χ1n) is 11.6. The van der Waals surface area contributed by atoms with E-state index in [9.17, 15) is 9.90 Å². The van der Waals surface area contributed by atoms with E-state index >= 15 is 0 Å². The Morgan fingerprint density at radius 3 is 2.42 bits per heavy atom. The molecule has 1 heterocycles. The summed E-state index contributed by atoms with van der Waals surface area (Å²) in [5.74, 6) is 0.844. The zero-order valence-corrected chi connectivity index (χ0v) is 22.2. The van der Waals surface area contributed by atoms with Crippen LogP contribution in [0.4, 0.5) is 5.95 Å². The third-order valence-corrected chi connectivity index (χ3v) is 7.56. The summed E-state index contributed by atoms with van der Waals surface area (Å²) < 4.78 is 10.8. The molecule has 190 valence electrons. The lowest BCUT2D eigenvalue weighted by Gasteiger charge is -2.29. The van der Waals surface area contributed by atoms with Gasteiger partial charge in [0.15, 0.2) is 5.78 Å². The fourth-order valence-electron chi connectivity index (χ4n) is 4.98. The molecule has 1 saturated carbocycles. The minimum atomic E-state index is -0.980. The van der Waals surface area contributed by atoms with Crippen molar-refractivity contribution in [3.63, 3.8) is 0 Å². The Labute approximate surface area is 220 Å². The van der Waals surface area contributed by atoms with Gasteiger partial charge in [-0.05, 0) is 56.4 Å². The van der Waals surface area contributed by atoms with E-state index in [1.807, 2.05) is 18.2 Å². The van der Waals surface area contributed by atoms with Crippen molar-refractivity contribution in [1.82, 2.24) is 9.97 Å². The van der Waals surface area contributed by atoms with E-state index < -0.39 is 5.60 Å². The van der Waals surface area contributed by atoms with Crippen LogP contribution in [0.25, 0.3) is 22.0 Å². The van der Waals surface area contributed by atoms with Gasteiger partial charge in [-0.1, -0.05) is 35.8 Å². The topological polar surface area (TPSA) is 93.6 Å². The number of allylic oxidation sites excluding steroid dienone is 1. The average Bonchev–Trinajstić information content (AvgIpc) is 3.28. The van der Waals surface area contributed by atoms with Crippen molar-refractivity contribution in [2.75, 3.05) is 19.5 Å². The number of hydrogen-bond donors (Lipinski definition) is 2. The predicted octanol–water partition coefficient (Wildman–Crippen LogP) is 5.95. The fraction of sp³-hybridized carbons (Fsp3) is 0.370. The Balaban J connectivity index is 1.62. The van der Waals surface area contributed by atoms with Crippen molar-refractivity contribution in [2.45, 2.75) is 38.3 Å². The molecule has 9 heteroatoms. The van der Waals surface area contributed by atoms with Crippen LogP contribution in [0, 0.1) is 11.8 Å². The quantitative estimate of drug-likeness (QED) is 0.348. The van der Waals surface area contributed by atoms with Crippen LogP contribution in [-0.4, -0.2) is 46.7 Å². The maximum Gasteiger partial charge on any atom is 0.223 e. The van der Waals surface area contributed by atoms with E-state index in [0.717, 1.165) is 16.5 Å². The molecule has 36 heavy (non-hydrogen) atoms. The van der Waals surface area contributed by atoms with Gasteiger partial charge in [-0.3, -0.25) is 4.79 Å². The summed E-state index contributed by atoms with van der Waals surface area (Å²) >= 11 is 13.2. The van der Waals surface area contributed by atoms with E-state index in [4.69, 9.17) is 32.7 Å². The monoisotopic (exact) mass is 529 g/mol. The Kier molecular flexibility index (Phi) is 7.46. The first-order chi connectivity index (χ1) is 17.1. The van der Waals surface area contributed by atoms with Gasteiger partial charge in [0.25, 0.3) is 0 Å². The molecule has 0 bridgehead atoms. The highest BCUT2D eigenvalue weighted by molar-refractivity contribution is 6.41. The van der Waals surface area contributed by atoms with Gasteiger partial charge in [0.2, 0.25) is 5.95 Å². The molecule has 1 aromatic heterocycles. The maximum absolute atomic E-state index is 12.4. The molecule has 1 aliphatic rings.